The Balaban J connectivity index is 1.81. The van der Waals surface area contributed by atoms with Gasteiger partial charge in [-0.15, -0.1) is 0 Å². The molecule has 0 bridgehead atoms. The van der Waals surface area contributed by atoms with Gasteiger partial charge in [0.1, 0.15) is 11.6 Å². The summed E-state index contributed by atoms with van der Waals surface area (Å²) in [6.45, 7) is 8.48. The fourth-order valence-electron chi connectivity index (χ4n) is 2.28. The summed E-state index contributed by atoms with van der Waals surface area (Å²) in [5, 5.41) is 0. The van der Waals surface area contributed by atoms with Crippen LogP contribution >= 0.6 is 0 Å². The monoisotopic (exact) mass is 261 g/mol. The van der Waals surface area contributed by atoms with Gasteiger partial charge in [0.2, 0.25) is 0 Å². The van der Waals surface area contributed by atoms with Gasteiger partial charge < -0.3 is 4.90 Å². The van der Waals surface area contributed by atoms with E-state index in [9.17, 15) is 4.79 Å². The van der Waals surface area contributed by atoms with Crippen LogP contribution in [-0.2, 0) is 4.79 Å². The number of ketones is 1. The van der Waals surface area contributed by atoms with Crippen LogP contribution in [0, 0.1) is 5.92 Å². The van der Waals surface area contributed by atoms with E-state index < -0.39 is 0 Å². The van der Waals surface area contributed by atoms with E-state index in [1.165, 1.54) is 0 Å². The van der Waals surface area contributed by atoms with Gasteiger partial charge in [-0.3, -0.25) is 9.69 Å². The molecule has 1 aliphatic heterocycles. The second kappa shape index (κ2) is 6.66. The van der Waals surface area contributed by atoms with Crippen LogP contribution in [0.3, 0.4) is 0 Å². The number of rotatable bonds is 5. The zero-order valence-electron chi connectivity index (χ0n) is 11.9. The third-order valence-electron chi connectivity index (χ3n) is 3.89. The molecule has 19 heavy (non-hydrogen) atoms. The normalized spacial score (nSPS) is 18.3. The summed E-state index contributed by atoms with van der Waals surface area (Å²) in [7, 11) is 0. The van der Waals surface area contributed by atoms with E-state index >= 15 is 0 Å². The summed E-state index contributed by atoms with van der Waals surface area (Å²) in [5.41, 5.74) is 0. The molecule has 1 aromatic heterocycles. The molecule has 1 saturated heterocycles. The molecule has 0 saturated carbocycles. The molecule has 104 valence electrons. The highest BCUT2D eigenvalue weighted by atomic mass is 16.1. The molecule has 4 nitrogen and oxygen atoms in total. The number of anilines is 1. The standard InChI is InChI=1S/C15H23N3O/c1-3-13(2)14(19)12-17-8-10-18(11-9-17)15-6-4-5-7-16-15/h4-7,13H,3,8-12H2,1-2H3. The molecular weight excluding hydrogens is 238 g/mol. The van der Waals surface area contributed by atoms with E-state index in [0.717, 1.165) is 38.4 Å². The SMILES string of the molecule is CCC(C)C(=O)CN1CCN(c2ccccn2)CC1. The first kappa shape index (κ1) is 14.0. The summed E-state index contributed by atoms with van der Waals surface area (Å²) in [6, 6.07) is 5.99. The Bertz CT molecular complexity index is 399. The molecule has 2 rings (SSSR count). The van der Waals surface area contributed by atoms with E-state index in [1.807, 2.05) is 31.3 Å². The molecule has 2 heterocycles. The summed E-state index contributed by atoms with van der Waals surface area (Å²) in [4.78, 5) is 20.8. The van der Waals surface area contributed by atoms with E-state index in [4.69, 9.17) is 0 Å². The molecule has 1 aliphatic rings. The Morgan fingerprint density at radius 1 is 1.32 bits per heavy atom. The van der Waals surface area contributed by atoms with E-state index in [1.54, 1.807) is 0 Å². The Morgan fingerprint density at radius 3 is 2.63 bits per heavy atom. The van der Waals surface area contributed by atoms with E-state index in [-0.39, 0.29) is 5.92 Å². The minimum absolute atomic E-state index is 0.189. The van der Waals surface area contributed by atoms with Crippen molar-refractivity contribution in [2.75, 3.05) is 37.6 Å². The summed E-state index contributed by atoms with van der Waals surface area (Å²) in [5.74, 6) is 1.60. The van der Waals surface area contributed by atoms with Crippen molar-refractivity contribution in [1.29, 1.82) is 0 Å². The number of aromatic nitrogens is 1. The number of carbonyl (C=O) groups excluding carboxylic acids is 1. The number of nitrogens with zero attached hydrogens (tertiary/aromatic N) is 3. The van der Waals surface area contributed by atoms with Crippen molar-refractivity contribution >= 4 is 11.6 Å². The fraction of sp³-hybridized carbons (Fsp3) is 0.600. The number of pyridine rings is 1. The second-order valence-corrected chi connectivity index (χ2v) is 5.23. The van der Waals surface area contributed by atoms with Crippen molar-refractivity contribution in [3.8, 4) is 0 Å². The van der Waals surface area contributed by atoms with Crippen molar-refractivity contribution in [3.63, 3.8) is 0 Å². The van der Waals surface area contributed by atoms with Crippen LogP contribution in [0.25, 0.3) is 0 Å². The van der Waals surface area contributed by atoms with Crippen LogP contribution in [0.2, 0.25) is 0 Å². The lowest BCUT2D eigenvalue weighted by molar-refractivity contribution is -0.123. The van der Waals surface area contributed by atoms with Crippen LogP contribution in [-0.4, -0.2) is 48.4 Å². The highest BCUT2D eigenvalue weighted by Crippen LogP contribution is 2.13. The number of carbonyl (C=O) groups is 1. The number of hydrogen-bond acceptors (Lipinski definition) is 4. The molecule has 0 N–H and O–H groups in total. The zero-order chi connectivity index (χ0) is 13.7. The molecule has 0 aromatic carbocycles. The Hall–Kier alpha value is -1.42. The van der Waals surface area contributed by atoms with Crippen molar-refractivity contribution in [3.05, 3.63) is 24.4 Å². The first-order chi connectivity index (χ1) is 9.20. The maximum Gasteiger partial charge on any atom is 0.149 e. The lowest BCUT2D eigenvalue weighted by Crippen LogP contribution is -2.48. The Morgan fingerprint density at radius 2 is 2.05 bits per heavy atom. The number of hydrogen-bond donors (Lipinski definition) is 0. The molecule has 0 aliphatic carbocycles. The summed E-state index contributed by atoms with van der Waals surface area (Å²) >= 11 is 0. The Labute approximate surface area is 115 Å². The second-order valence-electron chi connectivity index (χ2n) is 5.23. The maximum absolute atomic E-state index is 11.9. The largest absolute Gasteiger partial charge is 0.354 e. The highest BCUT2D eigenvalue weighted by Gasteiger charge is 2.21. The van der Waals surface area contributed by atoms with Gasteiger partial charge in [0.25, 0.3) is 0 Å². The van der Waals surface area contributed by atoms with Crippen LogP contribution in [0.4, 0.5) is 5.82 Å². The predicted octanol–water partition coefficient (Wildman–Crippen LogP) is 1.82. The van der Waals surface area contributed by atoms with Crippen molar-refractivity contribution < 1.29 is 4.79 Å². The number of piperazine rings is 1. The van der Waals surface area contributed by atoms with Gasteiger partial charge >= 0.3 is 0 Å². The minimum atomic E-state index is 0.189. The van der Waals surface area contributed by atoms with Crippen molar-refractivity contribution in [1.82, 2.24) is 9.88 Å². The summed E-state index contributed by atoms with van der Waals surface area (Å²) in [6.07, 6.45) is 2.76. The van der Waals surface area contributed by atoms with Crippen molar-refractivity contribution in [2.45, 2.75) is 20.3 Å². The van der Waals surface area contributed by atoms with Gasteiger partial charge in [-0.2, -0.15) is 0 Å². The van der Waals surface area contributed by atoms with E-state index in [2.05, 4.69) is 21.7 Å². The van der Waals surface area contributed by atoms with Gasteiger partial charge in [0, 0.05) is 38.3 Å². The van der Waals surface area contributed by atoms with Gasteiger partial charge in [-0.25, -0.2) is 4.98 Å². The molecule has 4 heteroatoms. The van der Waals surface area contributed by atoms with Gasteiger partial charge in [-0.1, -0.05) is 19.9 Å². The highest BCUT2D eigenvalue weighted by molar-refractivity contribution is 5.82. The number of Topliss-reactive ketones (excluding diaryl/α,β-unsaturated/α-hetero) is 1. The maximum atomic E-state index is 11.9. The van der Waals surface area contributed by atoms with Gasteiger partial charge in [0.15, 0.2) is 0 Å². The van der Waals surface area contributed by atoms with Crippen LogP contribution < -0.4 is 4.90 Å². The quantitative estimate of drug-likeness (QED) is 0.810. The molecule has 0 amide bonds. The topological polar surface area (TPSA) is 36.4 Å². The average Bonchev–Trinajstić information content (AvgIpc) is 2.48. The average molecular weight is 261 g/mol. The predicted molar refractivity (Wildman–Crippen MR) is 77.4 cm³/mol. The van der Waals surface area contributed by atoms with Crippen molar-refractivity contribution in [2.24, 2.45) is 5.92 Å². The minimum Gasteiger partial charge on any atom is -0.354 e. The van der Waals surface area contributed by atoms with Crippen LogP contribution in [0.15, 0.2) is 24.4 Å². The molecule has 1 aromatic rings. The third kappa shape index (κ3) is 3.77. The van der Waals surface area contributed by atoms with E-state index in [0.29, 0.717) is 12.3 Å². The smallest absolute Gasteiger partial charge is 0.149 e. The molecule has 0 spiro atoms. The molecular formula is C15H23N3O. The first-order valence-electron chi connectivity index (χ1n) is 7.11. The van der Waals surface area contributed by atoms with Crippen LogP contribution in [0.1, 0.15) is 20.3 Å². The molecule has 0 radical (unpaired) electrons. The first-order valence-corrected chi connectivity index (χ1v) is 7.11. The van der Waals surface area contributed by atoms with Gasteiger partial charge in [0.05, 0.1) is 6.54 Å². The lowest BCUT2D eigenvalue weighted by Gasteiger charge is -2.35. The molecule has 1 atom stereocenters. The molecule has 1 fully saturated rings. The Kier molecular flexibility index (Phi) is 4.91. The summed E-state index contributed by atoms with van der Waals surface area (Å²) < 4.78 is 0. The lowest BCUT2D eigenvalue weighted by atomic mass is 10.0. The van der Waals surface area contributed by atoms with Gasteiger partial charge in [-0.05, 0) is 18.6 Å². The fourth-order valence-corrected chi connectivity index (χ4v) is 2.28. The molecule has 1 unspecified atom stereocenters. The third-order valence-corrected chi connectivity index (χ3v) is 3.89. The van der Waals surface area contributed by atoms with Crippen LogP contribution in [0.5, 0.6) is 0 Å². The zero-order valence-corrected chi connectivity index (χ0v) is 11.9.